The van der Waals surface area contributed by atoms with Gasteiger partial charge in [0, 0.05) is 12.5 Å². The molecule has 1 aliphatic carbocycles. The van der Waals surface area contributed by atoms with Gasteiger partial charge in [-0.1, -0.05) is 30.3 Å². The van der Waals surface area contributed by atoms with Crippen molar-refractivity contribution >= 4 is 18.3 Å². The van der Waals surface area contributed by atoms with Crippen LogP contribution in [-0.2, 0) is 28.5 Å². The molecule has 1 saturated heterocycles. The van der Waals surface area contributed by atoms with Crippen LogP contribution in [-0.4, -0.2) is 104 Å². The summed E-state index contributed by atoms with van der Waals surface area (Å²) in [6.07, 6.45) is -7.39. The first-order chi connectivity index (χ1) is 17.5. The van der Waals surface area contributed by atoms with Gasteiger partial charge in [0.05, 0.1) is 24.4 Å². The maximum Gasteiger partial charge on any atom is 0.331 e. The summed E-state index contributed by atoms with van der Waals surface area (Å²) in [4.78, 5) is 24.2. The second-order valence-electron chi connectivity index (χ2n) is 9.53. The van der Waals surface area contributed by atoms with Crippen molar-refractivity contribution < 1.29 is 59.2 Å². The highest BCUT2D eigenvalue weighted by Crippen LogP contribution is 2.52. The van der Waals surface area contributed by atoms with Crippen molar-refractivity contribution in [3.63, 3.8) is 0 Å². The maximum atomic E-state index is 12.5. The quantitative estimate of drug-likeness (QED) is 0.136. The number of aliphatic hydroxyl groups is 6. The van der Waals surface area contributed by atoms with Crippen LogP contribution in [0.1, 0.15) is 18.9 Å². The van der Waals surface area contributed by atoms with E-state index in [1.54, 1.807) is 24.3 Å². The van der Waals surface area contributed by atoms with Gasteiger partial charge in [0.1, 0.15) is 41.7 Å². The number of hydrogen-bond donors (Lipinski definition) is 6. The summed E-state index contributed by atoms with van der Waals surface area (Å²) in [5, 5.41) is 62.7. The van der Waals surface area contributed by atoms with Gasteiger partial charge in [0.15, 0.2) is 12.6 Å². The van der Waals surface area contributed by atoms with Crippen LogP contribution in [0.2, 0.25) is 0 Å². The minimum atomic E-state index is -2.06. The Morgan fingerprint density at radius 3 is 2.46 bits per heavy atom. The zero-order chi connectivity index (χ0) is 27.0. The Hall–Kier alpha value is -2.68. The summed E-state index contributed by atoms with van der Waals surface area (Å²) >= 11 is 0. The van der Waals surface area contributed by atoms with Crippen molar-refractivity contribution in [2.75, 3.05) is 6.61 Å². The van der Waals surface area contributed by atoms with Crippen molar-refractivity contribution in [3.8, 4) is 0 Å². The standard InChI is InChI=1S/C25H30O12/c1-24(32)16(36-17(28)8-7-13-5-3-2-4-6-13)9-25(33)14(10-26)12-34-23(21(24)25)37-22-20(31)19(30)18(29)15(11-27)35-22/h2-8,10,12,15-16,18-23,27,29-33H,9,11H2,1H3. The van der Waals surface area contributed by atoms with Gasteiger partial charge in [-0.05, 0) is 18.6 Å². The molecule has 1 saturated carbocycles. The molecule has 3 aliphatic rings. The molecule has 12 nitrogen and oxygen atoms in total. The molecule has 6 N–H and O–H groups in total. The van der Waals surface area contributed by atoms with E-state index in [2.05, 4.69) is 0 Å². The normalized spacial score (nSPS) is 41.5. The molecular formula is C25H30O12. The zero-order valence-corrected chi connectivity index (χ0v) is 19.9. The molecular weight excluding hydrogens is 492 g/mol. The molecule has 2 aliphatic heterocycles. The number of carbonyl (C=O) groups excluding carboxylic acids is 2. The molecule has 0 bridgehead atoms. The number of rotatable bonds is 7. The molecule has 202 valence electrons. The third-order valence-electron chi connectivity index (χ3n) is 7.11. The molecule has 1 aromatic rings. The highest BCUT2D eigenvalue weighted by Gasteiger charge is 2.68. The van der Waals surface area contributed by atoms with E-state index in [-0.39, 0.29) is 12.0 Å². The fourth-order valence-electron chi connectivity index (χ4n) is 5.04. The van der Waals surface area contributed by atoms with Crippen LogP contribution in [0.4, 0.5) is 0 Å². The van der Waals surface area contributed by atoms with Crippen LogP contribution in [0.3, 0.4) is 0 Å². The van der Waals surface area contributed by atoms with Crippen molar-refractivity contribution in [3.05, 3.63) is 53.8 Å². The summed E-state index contributed by atoms with van der Waals surface area (Å²) in [5.41, 5.74) is -3.56. The van der Waals surface area contributed by atoms with Crippen LogP contribution >= 0.6 is 0 Å². The summed E-state index contributed by atoms with van der Waals surface area (Å²) in [6, 6.07) is 8.93. The van der Waals surface area contributed by atoms with Crippen LogP contribution in [0.15, 0.2) is 48.2 Å². The van der Waals surface area contributed by atoms with Gasteiger partial charge >= 0.3 is 5.97 Å². The monoisotopic (exact) mass is 522 g/mol. The van der Waals surface area contributed by atoms with Crippen LogP contribution in [0, 0.1) is 5.92 Å². The fraction of sp³-hybridized carbons (Fsp3) is 0.520. The van der Waals surface area contributed by atoms with Crippen molar-refractivity contribution in [2.45, 2.75) is 67.6 Å². The highest BCUT2D eigenvalue weighted by atomic mass is 16.8. The molecule has 0 spiro atoms. The summed E-state index contributed by atoms with van der Waals surface area (Å²) in [7, 11) is 0. The zero-order valence-electron chi connectivity index (χ0n) is 19.9. The van der Waals surface area contributed by atoms with Gasteiger partial charge in [-0.15, -0.1) is 0 Å². The largest absolute Gasteiger partial charge is 0.471 e. The Kier molecular flexibility index (Phi) is 7.83. The van der Waals surface area contributed by atoms with Crippen molar-refractivity contribution in [1.29, 1.82) is 0 Å². The number of carbonyl (C=O) groups is 2. The SMILES string of the molecule is CC1(O)C(OC(=O)C=Cc2ccccc2)CC2(O)C(C=O)=COC(OC3OC(CO)C(O)C(O)C3O)C21. The lowest BCUT2D eigenvalue weighted by atomic mass is 9.78. The topological polar surface area (TPSA) is 192 Å². The smallest absolute Gasteiger partial charge is 0.331 e. The van der Waals surface area contributed by atoms with E-state index in [9.17, 15) is 40.2 Å². The number of ether oxygens (including phenoxy) is 4. The van der Waals surface area contributed by atoms with E-state index in [1.807, 2.05) is 6.07 Å². The molecule has 4 rings (SSSR count). The van der Waals surface area contributed by atoms with Crippen molar-refractivity contribution in [1.82, 2.24) is 0 Å². The Bertz CT molecular complexity index is 1040. The first-order valence-electron chi connectivity index (χ1n) is 11.7. The first kappa shape index (κ1) is 27.4. The molecule has 2 heterocycles. The fourth-order valence-corrected chi connectivity index (χ4v) is 5.04. The average molecular weight is 523 g/mol. The van der Waals surface area contributed by atoms with Gasteiger partial charge < -0.3 is 49.6 Å². The lowest BCUT2D eigenvalue weighted by Gasteiger charge is -2.46. The van der Waals surface area contributed by atoms with E-state index in [0.717, 1.165) is 17.9 Å². The molecule has 37 heavy (non-hydrogen) atoms. The summed E-state index contributed by atoms with van der Waals surface area (Å²) < 4.78 is 21.9. The molecule has 1 aromatic carbocycles. The number of benzene rings is 1. The minimum absolute atomic E-state index is 0.232. The molecule has 2 fully saturated rings. The second-order valence-corrected chi connectivity index (χ2v) is 9.53. The Labute approximate surface area is 212 Å². The average Bonchev–Trinajstić information content (AvgIpc) is 3.08. The maximum absolute atomic E-state index is 12.5. The molecule has 0 amide bonds. The van der Waals surface area contributed by atoms with Crippen LogP contribution < -0.4 is 0 Å². The Morgan fingerprint density at radius 1 is 1.11 bits per heavy atom. The van der Waals surface area contributed by atoms with Gasteiger partial charge in [-0.25, -0.2) is 4.79 Å². The van der Waals surface area contributed by atoms with Gasteiger partial charge in [0.25, 0.3) is 0 Å². The van der Waals surface area contributed by atoms with Crippen molar-refractivity contribution in [2.24, 2.45) is 5.92 Å². The molecule has 0 aromatic heterocycles. The number of fused-ring (bicyclic) bond motifs is 1. The summed E-state index contributed by atoms with van der Waals surface area (Å²) in [6.45, 7) is 0.570. The Balaban J connectivity index is 1.56. The van der Waals surface area contributed by atoms with E-state index in [0.29, 0.717) is 6.29 Å². The third-order valence-corrected chi connectivity index (χ3v) is 7.11. The molecule has 10 unspecified atom stereocenters. The van der Waals surface area contributed by atoms with Gasteiger partial charge in [-0.2, -0.15) is 0 Å². The van der Waals surface area contributed by atoms with E-state index in [4.69, 9.17) is 18.9 Å². The Morgan fingerprint density at radius 2 is 1.81 bits per heavy atom. The number of hydrogen-bond acceptors (Lipinski definition) is 12. The van der Waals surface area contributed by atoms with E-state index in [1.165, 1.54) is 13.0 Å². The van der Waals surface area contributed by atoms with Gasteiger partial charge in [-0.3, -0.25) is 4.79 Å². The number of esters is 1. The highest BCUT2D eigenvalue weighted by molar-refractivity contribution is 5.87. The molecule has 10 atom stereocenters. The summed E-state index contributed by atoms with van der Waals surface area (Å²) in [5.74, 6) is -2.23. The lowest BCUT2D eigenvalue weighted by Crippen LogP contribution is -2.62. The minimum Gasteiger partial charge on any atom is -0.471 e. The number of aldehydes is 1. The predicted molar refractivity (Wildman–Crippen MR) is 123 cm³/mol. The lowest BCUT2D eigenvalue weighted by molar-refractivity contribution is -0.352. The number of aliphatic hydroxyl groups excluding tert-OH is 4. The van der Waals surface area contributed by atoms with Crippen LogP contribution in [0.25, 0.3) is 6.08 Å². The van der Waals surface area contributed by atoms with Crippen LogP contribution in [0.5, 0.6) is 0 Å². The third kappa shape index (κ3) is 5.07. The first-order valence-corrected chi connectivity index (χ1v) is 11.7. The molecule has 0 radical (unpaired) electrons. The van der Waals surface area contributed by atoms with E-state index < -0.39 is 72.8 Å². The molecule has 12 heteroatoms. The predicted octanol–water partition coefficient (Wildman–Crippen LogP) is -1.63. The second kappa shape index (κ2) is 10.6. The van der Waals surface area contributed by atoms with Gasteiger partial charge in [0.2, 0.25) is 6.29 Å². The van der Waals surface area contributed by atoms with E-state index >= 15 is 0 Å².